The van der Waals surface area contributed by atoms with Gasteiger partial charge in [-0.05, 0) is 19.9 Å². The van der Waals surface area contributed by atoms with Crippen molar-refractivity contribution < 1.29 is 17.9 Å². The average Bonchev–Trinajstić information content (AvgIpc) is 2.14. The third kappa shape index (κ3) is 3.37. The Bertz CT molecular complexity index is 352. The Morgan fingerprint density at radius 2 is 1.94 bits per heavy atom. The number of nitrogens with zero attached hydrogens (tertiary/aromatic N) is 1. The molecular weight excluding hydrogens is 221 g/mol. The number of nitrogens with two attached hydrogens (primary N) is 1. The molecule has 16 heavy (non-hydrogen) atoms. The molecule has 0 fully saturated rings. The van der Waals surface area contributed by atoms with E-state index in [1.165, 1.54) is 18.2 Å². The van der Waals surface area contributed by atoms with Crippen LogP contribution in [-0.4, -0.2) is 17.3 Å². The molecule has 1 rings (SSSR count). The molecule has 0 spiro atoms. The van der Waals surface area contributed by atoms with Gasteiger partial charge in [0.05, 0.1) is 11.8 Å². The number of ether oxygens (including phenoxy) is 1. The summed E-state index contributed by atoms with van der Waals surface area (Å²) in [6, 6.07) is 2.08. The van der Waals surface area contributed by atoms with E-state index in [2.05, 4.69) is 4.98 Å². The monoisotopic (exact) mass is 234 g/mol. The molecule has 6 heteroatoms. The van der Waals surface area contributed by atoms with Gasteiger partial charge in [-0.25, -0.2) is 4.98 Å². The highest BCUT2D eigenvalue weighted by Crippen LogP contribution is 2.30. The molecule has 0 aromatic carbocycles. The van der Waals surface area contributed by atoms with Gasteiger partial charge in [0.15, 0.2) is 0 Å². The first-order valence-electron chi connectivity index (χ1n) is 4.76. The molecule has 0 bridgehead atoms. The van der Waals surface area contributed by atoms with Crippen LogP contribution in [-0.2, 0) is 0 Å². The molecule has 0 radical (unpaired) electrons. The van der Waals surface area contributed by atoms with Crippen LogP contribution in [0.15, 0.2) is 18.2 Å². The summed E-state index contributed by atoms with van der Waals surface area (Å²) in [5, 5.41) is 0. The van der Waals surface area contributed by atoms with E-state index in [1.807, 2.05) is 0 Å². The number of aromatic nitrogens is 1. The van der Waals surface area contributed by atoms with Crippen LogP contribution in [0.4, 0.5) is 13.2 Å². The van der Waals surface area contributed by atoms with E-state index in [1.54, 1.807) is 13.8 Å². The minimum absolute atomic E-state index is 0.146. The molecule has 1 aromatic heterocycles. The van der Waals surface area contributed by atoms with E-state index < -0.39 is 12.2 Å². The third-order valence-corrected chi connectivity index (χ3v) is 1.77. The molecule has 0 aliphatic rings. The van der Waals surface area contributed by atoms with Crippen LogP contribution in [0.5, 0.6) is 5.88 Å². The SMILES string of the molecule is CC(C)Oc1cccc(C(N)C(F)(F)F)n1. The van der Waals surface area contributed by atoms with Gasteiger partial charge in [-0.15, -0.1) is 0 Å². The molecule has 2 N–H and O–H groups in total. The molecule has 0 aliphatic heterocycles. The van der Waals surface area contributed by atoms with Crippen LogP contribution in [0.1, 0.15) is 25.6 Å². The van der Waals surface area contributed by atoms with Crippen molar-refractivity contribution in [2.75, 3.05) is 0 Å². The van der Waals surface area contributed by atoms with Crippen molar-refractivity contribution in [1.82, 2.24) is 4.98 Å². The first-order valence-corrected chi connectivity index (χ1v) is 4.76. The maximum Gasteiger partial charge on any atom is 0.409 e. The van der Waals surface area contributed by atoms with Crippen molar-refractivity contribution in [3.8, 4) is 5.88 Å². The lowest BCUT2D eigenvalue weighted by Crippen LogP contribution is -2.29. The van der Waals surface area contributed by atoms with Crippen molar-refractivity contribution >= 4 is 0 Å². The number of alkyl halides is 3. The first kappa shape index (κ1) is 12.8. The minimum Gasteiger partial charge on any atom is -0.475 e. The summed E-state index contributed by atoms with van der Waals surface area (Å²) < 4.78 is 42.2. The summed E-state index contributed by atoms with van der Waals surface area (Å²) in [6.45, 7) is 3.52. The van der Waals surface area contributed by atoms with Crippen molar-refractivity contribution in [2.45, 2.75) is 32.2 Å². The number of rotatable bonds is 3. The topological polar surface area (TPSA) is 48.1 Å². The number of hydrogen-bond acceptors (Lipinski definition) is 3. The van der Waals surface area contributed by atoms with E-state index in [-0.39, 0.29) is 17.7 Å². The Balaban J connectivity index is 2.90. The Morgan fingerprint density at radius 3 is 2.44 bits per heavy atom. The third-order valence-electron chi connectivity index (χ3n) is 1.77. The summed E-state index contributed by atoms with van der Waals surface area (Å²) in [4.78, 5) is 3.71. The molecule has 0 saturated heterocycles. The lowest BCUT2D eigenvalue weighted by atomic mass is 10.2. The first-order chi connectivity index (χ1) is 7.30. The molecule has 0 aliphatic carbocycles. The molecule has 1 heterocycles. The van der Waals surface area contributed by atoms with Crippen LogP contribution in [0, 0.1) is 0 Å². The smallest absolute Gasteiger partial charge is 0.409 e. The van der Waals surface area contributed by atoms with Gasteiger partial charge in [0, 0.05) is 6.07 Å². The van der Waals surface area contributed by atoms with E-state index in [9.17, 15) is 13.2 Å². The van der Waals surface area contributed by atoms with E-state index in [0.29, 0.717) is 0 Å². The highest BCUT2D eigenvalue weighted by Gasteiger charge is 2.38. The second kappa shape index (κ2) is 4.69. The number of pyridine rings is 1. The number of halogens is 3. The zero-order valence-corrected chi connectivity index (χ0v) is 8.95. The predicted octanol–water partition coefficient (Wildman–Crippen LogP) is 2.43. The van der Waals surface area contributed by atoms with Crippen LogP contribution < -0.4 is 10.5 Å². The van der Waals surface area contributed by atoms with Gasteiger partial charge in [0.2, 0.25) is 5.88 Å². The fourth-order valence-corrected chi connectivity index (χ4v) is 1.08. The van der Waals surface area contributed by atoms with Crippen LogP contribution in [0.3, 0.4) is 0 Å². The fourth-order valence-electron chi connectivity index (χ4n) is 1.08. The van der Waals surface area contributed by atoms with Crippen molar-refractivity contribution in [1.29, 1.82) is 0 Å². The van der Waals surface area contributed by atoms with Gasteiger partial charge >= 0.3 is 6.18 Å². The lowest BCUT2D eigenvalue weighted by molar-refractivity contribution is -0.150. The molecule has 0 amide bonds. The summed E-state index contributed by atoms with van der Waals surface area (Å²) >= 11 is 0. The van der Waals surface area contributed by atoms with Crippen molar-refractivity contribution in [3.63, 3.8) is 0 Å². The Kier molecular flexibility index (Phi) is 3.74. The summed E-state index contributed by atoms with van der Waals surface area (Å²) in [6.07, 6.45) is -4.64. The van der Waals surface area contributed by atoms with Gasteiger partial charge < -0.3 is 10.5 Å². The number of hydrogen-bond donors (Lipinski definition) is 1. The van der Waals surface area contributed by atoms with Crippen molar-refractivity contribution in [2.24, 2.45) is 5.73 Å². The normalized spacial score (nSPS) is 13.9. The highest BCUT2D eigenvalue weighted by molar-refractivity contribution is 5.19. The van der Waals surface area contributed by atoms with Crippen LogP contribution in [0.2, 0.25) is 0 Å². The summed E-state index contributed by atoms with van der Waals surface area (Å²) in [5.74, 6) is 0.146. The van der Waals surface area contributed by atoms with Crippen LogP contribution in [0.25, 0.3) is 0 Å². The van der Waals surface area contributed by atoms with Gasteiger partial charge in [0.25, 0.3) is 0 Å². The largest absolute Gasteiger partial charge is 0.475 e. The average molecular weight is 234 g/mol. The molecule has 3 nitrogen and oxygen atoms in total. The highest BCUT2D eigenvalue weighted by atomic mass is 19.4. The fraction of sp³-hybridized carbons (Fsp3) is 0.500. The molecule has 0 saturated carbocycles. The van der Waals surface area contributed by atoms with Gasteiger partial charge in [-0.1, -0.05) is 6.07 Å². The Labute approximate surface area is 91.4 Å². The van der Waals surface area contributed by atoms with Gasteiger partial charge in [0.1, 0.15) is 6.04 Å². The standard InChI is InChI=1S/C10H13F3N2O/c1-6(2)16-8-5-3-4-7(15-8)9(14)10(11,12)13/h3-6,9H,14H2,1-2H3. The second-order valence-electron chi connectivity index (χ2n) is 3.59. The molecule has 90 valence electrons. The Hall–Kier alpha value is -1.30. The molecular formula is C10H13F3N2O. The summed E-state index contributed by atoms with van der Waals surface area (Å²) in [5.41, 5.74) is 4.78. The minimum atomic E-state index is -4.50. The zero-order chi connectivity index (χ0) is 12.3. The van der Waals surface area contributed by atoms with E-state index in [4.69, 9.17) is 10.5 Å². The van der Waals surface area contributed by atoms with E-state index >= 15 is 0 Å². The van der Waals surface area contributed by atoms with E-state index in [0.717, 1.165) is 0 Å². The quantitative estimate of drug-likeness (QED) is 0.873. The summed E-state index contributed by atoms with van der Waals surface area (Å²) in [7, 11) is 0. The predicted molar refractivity (Wildman–Crippen MR) is 53.0 cm³/mol. The Morgan fingerprint density at radius 1 is 1.31 bits per heavy atom. The zero-order valence-electron chi connectivity index (χ0n) is 8.95. The molecule has 1 aromatic rings. The maximum absolute atomic E-state index is 12.3. The second-order valence-corrected chi connectivity index (χ2v) is 3.59. The van der Waals surface area contributed by atoms with Crippen LogP contribution >= 0.6 is 0 Å². The molecule has 1 unspecified atom stereocenters. The van der Waals surface area contributed by atoms with Gasteiger partial charge in [-0.3, -0.25) is 0 Å². The maximum atomic E-state index is 12.3. The van der Waals surface area contributed by atoms with Gasteiger partial charge in [-0.2, -0.15) is 13.2 Å². The molecule has 1 atom stereocenters. The van der Waals surface area contributed by atoms with Crippen molar-refractivity contribution in [3.05, 3.63) is 23.9 Å². The lowest BCUT2D eigenvalue weighted by Gasteiger charge is -2.16.